The summed E-state index contributed by atoms with van der Waals surface area (Å²) in [6.07, 6.45) is 1.08. The molecule has 3 aromatic rings. The van der Waals surface area contributed by atoms with E-state index in [2.05, 4.69) is 15.5 Å². The molecule has 10 heteroatoms. The van der Waals surface area contributed by atoms with Crippen molar-refractivity contribution in [3.63, 3.8) is 0 Å². The van der Waals surface area contributed by atoms with Crippen molar-refractivity contribution >= 4 is 49.8 Å². The third-order valence-electron chi connectivity index (χ3n) is 4.22. The Hall–Kier alpha value is -2.43. The molecule has 0 fully saturated rings. The number of sulfonamides is 1. The van der Waals surface area contributed by atoms with Crippen molar-refractivity contribution in [2.24, 2.45) is 0 Å². The molecule has 0 aliphatic carbocycles. The summed E-state index contributed by atoms with van der Waals surface area (Å²) in [7, 11) is -3.67. The molecule has 0 saturated carbocycles. The summed E-state index contributed by atoms with van der Waals surface area (Å²) in [5.74, 6) is 0.270. The van der Waals surface area contributed by atoms with E-state index in [0.29, 0.717) is 10.8 Å². The van der Waals surface area contributed by atoms with Crippen molar-refractivity contribution in [1.29, 1.82) is 0 Å². The van der Waals surface area contributed by atoms with Crippen LogP contribution in [0.25, 0.3) is 0 Å². The van der Waals surface area contributed by atoms with Crippen LogP contribution in [0.4, 0.5) is 10.8 Å². The number of rotatable bonds is 8. The lowest BCUT2D eigenvalue weighted by Crippen LogP contribution is -2.45. The van der Waals surface area contributed by atoms with E-state index in [-0.39, 0.29) is 0 Å². The van der Waals surface area contributed by atoms with Gasteiger partial charge in [0.25, 0.3) is 0 Å². The number of nitrogens with one attached hydrogen (secondary N) is 1. The van der Waals surface area contributed by atoms with Gasteiger partial charge >= 0.3 is 0 Å². The highest BCUT2D eigenvalue weighted by Gasteiger charge is 2.29. The first-order valence-corrected chi connectivity index (χ1v) is 12.8. The molecule has 0 unspecified atom stereocenters. The fourth-order valence-electron chi connectivity index (χ4n) is 2.75. The number of carbonyl (C=O) groups is 1. The molecule has 0 radical (unpaired) electrons. The van der Waals surface area contributed by atoms with E-state index in [1.807, 2.05) is 37.3 Å². The van der Waals surface area contributed by atoms with Crippen LogP contribution in [0.15, 0.2) is 58.9 Å². The lowest BCUT2D eigenvalue weighted by Gasteiger charge is -2.27. The van der Waals surface area contributed by atoms with Gasteiger partial charge in [-0.15, -0.1) is 10.2 Å². The van der Waals surface area contributed by atoms with E-state index in [0.717, 1.165) is 26.2 Å². The minimum absolute atomic E-state index is 0.333. The van der Waals surface area contributed by atoms with E-state index in [1.165, 1.54) is 28.7 Å². The molecule has 1 amide bonds. The molecule has 1 heterocycles. The number of aryl methyl sites for hydroxylation is 1. The number of benzene rings is 2. The average Bonchev–Trinajstić information content (AvgIpc) is 3.15. The molecule has 1 aromatic heterocycles. The molecular formula is C20H22N4O3S3. The van der Waals surface area contributed by atoms with Gasteiger partial charge in [-0.05, 0) is 31.5 Å². The summed E-state index contributed by atoms with van der Waals surface area (Å²) in [6, 6.07) is 16.0. The summed E-state index contributed by atoms with van der Waals surface area (Å²) < 4.78 is 26.5. The summed E-state index contributed by atoms with van der Waals surface area (Å²) in [5, 5.41) is 11.1. The van der Waals surface area contributed by atoms with Gasteiger partial charge in [0.2, 0.25) is 21.1 Å². The Morgan fingerprint density at radius 1 is 1.13 bits per heavy atom. The smallest absolute Gasteiger partial charge is 0.249 e. The normalized spacial score (nSPS) is 12.4. The Labute approximate surface area is 184 Å². The Balaban J connectivity index is 1.68. The summed E-state index contributed by atoms with van der Waals surface area (Å²) in [5.41, 5.74) is 2.60. The van der Waals surface area contributed by atoms with E-state index in [4.69, 9.17) is 0 Å². The number of nitrogens with zero attached hydrogens (tertiary/aromatic N) is 3. The minimum atomic E-state index is -3.67. The maximum Gasteiger partial charge on any atom is 0.249 e. The van der Waals surface area contributed by atoms with Crippen LogP contribution in [0.3, 0.4) is 0 Å². The fraction of sp³-hybridized carbons (Fsp3) is 0.250. The molecule has 3 rings (SSSR count). The number of amides is 1. The molecule has 7 nitrogen and oxygen atoms in total. The first-order chi connectivity index (χ1) is 14.2. The van der Waals surface area contributed by atoms with Gasteiger partial charge in [0.05, 0.1) is 11.9 Å². The van der Waals surface area contributed by atoms with Gasteiger partial charge in [-0.1, -0.05) is 71.1 Å². The van der Waals surface area contributed by atoms with E-state index in [1.54, 1.807) is 31.2 Å². The van der Waals surface area contributed by atoms with Crippen molar-refractivity contribution in [3.8, 4) is 0 Å². The van der Waals surface area contributed by atoms with Crippen LogP contribution in [-0.2, 0) is 20.6 Å². The molecular weight excluding hydrogens is 440 g/mol. The Bertz CT molecular complexity index is 1100. The summed E-state index contributed by atoms with van der Waals surface area (Å²) in [4.78, 5) is 12.7. The number of hydrogen-bond acceptors (Lipinski definition) is 7. The third kappa shape index (κ3) is 5.80. The van der Waals surface area contributed by atoms with Crippen LogP contribution in [-0.4, -0.2) is 36.8 Å². The maximum absolute atomic E-state index is 12.7. The summed E-state index contributed by atoms with van der Waals surface area (Å²) in [6.45, 7) is 3.45. The quantitative estimate of drug-likeness (QED) is 0.403. The second-order valence-corrected chi connectivity index (χ2v) is 10.8. The van der Waals surface area contributed by atoms with Crippen LogP contribution >= 0.6 is 23.1 Å². The molecule has 0 aliphatic heterocycles. The average molecular weight is 463 g/mol. The molecule has 0 bridgehead atoms. The second kappa shape index (κ2) is 9.59. The maximum atomic E-state index is 12.7. The van der Waals surface area contributed by atoms with Crippen LogP contribution in [0.2, 0.25) is 0 Å². The fourth-order valence-corrected chi connectivity index (χ4v) is 5.63. The third-order valence-corrected chi connectivity index (χ3v) is 7.50. The SMILES string of the molecule is Cc1ccc(N([C@@H](C)C(=O)Nc2nnc(SCc3ccccc3)s2)S(C)(=O)=O)cc1. The van der Waals surface area contributed by atoms with E-state index < -0.39 is 22.0 Å². The molecule has 1 N–H and O–H groups in total. The minimum Gasteiger partial charge on any atom is -0.299 e. The zero-order chi connectivity index (χ0) is 21.7. The molecule has 30 heavy (non-hydrogen) atoms. The first kappa shape index (κ1) is 22.3. The van der Waals surface area contributed by atoms with E-state index >= 15 is 0 Å². The molecule has 1 atom stereocenters. The molecule has 2 aromatic carbocycles. The van der Waals surface area contributed by atoms with Crippen LogP contribution in [0, 0.1) is 6.92 Å². The van der Waals surface area contributed by atoms with Gasteiger partial charge in [0.1, 0.15) is 6.04 Å². The Kier molecular flexibility index (Phi) is 7.11. The zero-order valence-electron chi connectivity index (χ0n) is 16.8. The van der Waals surface area contributed by atoms with Gasteiger partial charge in [-0.25, -0.2) is 8.42 Å². The van der Waals surface area contributed by atoms with Gasteiger partial charge in [0.15, 0.2) is 4.34 Å². The zero-order valence-corrected chi connectivity index (χ0v) is 19.2. The number of thioether (sulfide) groups is 1. The molecule has 0 spiro atoms. The number of carbonyl (C=O) groups excluding carboxylic acids is 1. The highest BCUT2D eigenvalue weighted by atomic mass is 32.2. The van der Waals surface area contributed by atoms with Crippen molar-refractivity contribution < 1.29 is 13.2 Å². The molecule has 0 saturated heterocycles. The number of aromatic nitrogens is 2. The standard InChI is InChI=1S/C20H22N4O3S3/c1-14-9-11-17(12-10-14)24(30(3,26)27)15(2)18(25)21-19-22-23-20(29-19)28-13-16-7-5-4-6-8-16/h4-12,15H,13H2,1-3H3,(H,21,22,25)/t15-/m0/s1. The van der Waals surface area contributed by atoms with Gasteiger partial charge in [0, 0.05) is 5.75 Å². The number of hydrogen-bond donors (Lipinski definition) is 1. The van der Waals surface area contributed by atoms with Crippen molar-refractivity contribution in [3.05, 3.63) is 65.7 Å². The predicted molar refractivity (Wildman–Crippen MR) is 123 cm³/mol. The van der Waals surface area contributed by atoms with Crippen LogP contribution < -0.4 is 9.62 Å². The summed E-state index contributed by atoms with van der Waals surface area (Å²) >= 11 is 2.78. The first-order valence-electron chi connectivity index (χ1n) is 9.11. The highest BCUT2D eigenvalue weighted by Crippen LogP contribution is 2.29. The monoisotopic (exact) mass is 462 g/mol. The Morgan fingerprint density at radius 3 is 2.43 bits per heavy atom. The Morgan fingerprint density at radius 2 is 1.80 bits per heavy atom. The molecule has 0 aliphatic rings. The molecule has 158 valence electrons. The second-order valence-electron chi connectivity index (χ2n) is 6.71. The lowest BCUT2D eigenvalue weighted by molar-refractivity contribution is -0.116. The van der Waals surface area contributed by atoms with Gasteiger partial charge in [-0.3, -0.25) is 14.4 Å². The van der Waals surface area contributed by atoms with Crippen LogP contribution in [0.5, 0.6) is 0 Å². The highest BCUT2D eigenvalue weighted by molar-refractivity contribution is 8.00. The van der Waals surface area contributed by atoms with Crippen molar-refractivity contribution in [2.45, 2.75) is 30.0 Å². The topological polar surface area (TPSA) is 92.3 Å². The number of anilines is 2. The van der Waals surface area contributed by atoms with Crippen LogP contribution in [0.1, 0.15) is 18.1 Å². The van der Waals surface area contributed by atoms with Gasteiger partial charge in [-0.2, -0.15) is 0 Å². The van der Waals surface area contributed by atoms with Crippen molar-refractivity contribution in [1.82, 2.24) is 10.2 Å². The predicted octanol–water partition coefficient (Wildman–Crippen LogP) is 3.93. The van der Waals surface area contributed by atoms with E-state index in [9.17, 15) is 13.2 Å². The lowest BCUT2D eigenvalue weighted by atomic mass is 10.2. The van der Waals surface area contributed by atoms with Gasteiger partial charge < -0.3 is 0 Å². The largest absolute Gasteiger partial charge is 0.299 e. The van der Waals surface area contributed by atoms with Crippen molar-refractivity contribution in [2.75, 3.05) is 15.9 Å².